The van der Waals surface area contributed by atoms with Gasteiger partial charge < -0.3 is 0 Å². The molecule has 70 heavy (non-hydrogen) atoms. The normalized spacial score (nSPS) is 12.7. The third-order valence-electron chi connectivity index (χ3n) is 15.2. The second kappa shape index (κ2) is 14.7. The number of rotatable bonds is 8. The lowest BCUT2D eigenvalue weighted by atomic mass is 9.80. The molecule has 340 valence electrons. The molecule has 4 heterocycles. The molecule has 0 fully saturated rings. The lowest BCUT2D eigenvalue weighted by Crippen LogP contribution is -2.34. The van der Waals surface area contributed by atoms with Gasteiger partial charge >= 0.3 is 0 Å². The number of hydrogen-bond donors (Lipinski definition) is 0. The first kappa shape index (κ1) is 42.0. The molecule has 0 atom stereocenters. The summed E-state index contributed by atoms with van der Waals surface area (Å²) in [7, 11) is 0. The van der Waals surface area contributed by atoms with Crippen LogP contribution in [-0.2, 0) is 0 Å². The third kappa shape index (κ3) is 5.41. The van der Waals surface area contributed by atoms with Gasteiger partial charge in [0.15, 0.2) is 0 Å². The van der Waals surface area contributed by atoms with Gasteiger partial charge in [-0.1, -0.05) is 152 Å². The van der Waals surface area contributed by atoms with Crippen LogP contribution in [0.4, 0.5) is 0 Å². The van der Waals surface area contributed by atoms with E-state index in [2.05, 4.69) is 55.4 Å². The molecule has 0 unspecified atom stereocenters. The highest BCUT2D eigenvalue weighted by molar-refractivity contribution is 6.50. The fourth-order valence-corrected chi connectivity index (χ4v) is 12.1. The molecule has 0 N–H and O–H groups in total. The van der Waals surface area contributed by atoms with E-state index in [1.54, 1.807) is 0 Å². The SMILES string of the molecule is CC(C)c1cccc(C(C)C)c1-n1c(=O)c2cc3nc(-c4ccccc4)c4cc5c(=O)n(-c6c(C(C)C)cccc6C(C)C)c(=O)c6cc7c(-c8ccccc8)nc8cc(c1=O)c2c1c3c4c(c56)c7c81. The molecule has 9 aromatic carbocycles. The van der Waals surface area contributed by atoms with E-state index in [0.29, 0.717) is 66.1 Å². The molecule has 0 amide bonds. The maximum atomic E-state index is 15.8. The predicted molar refractivity (Wildman–Crippen MR) is 289 cm³/mol. The van der Waals surface area contributed by atoms with Crippen LogP contribution in [-0.4, -0.2) is 19.1 Å². The zero-order valence-electron chi connectivity index (χ0n) is 40.3. The van der Waals surface area contributed by atoms with E-state index in [4.69, 9.17) is 9.97 Å². The quantitative estimate of drug-likeness (QED) is 0.111. The molecule has 0 radical (unpaired) electrons. The minimum atomic E-state index is -0.406. The van der Waals surface area contributed by atoms with Crippen LogP contribution >= 0.6 is 0 Å². The van der Waals surface area contributed by atoms with Gasteiger partial charge in [0.05, 0.1) is 44.6 Å². The van der Waals surface area contributed by atoms with Crippen molar-refractivity contribution in [2.45, 2.75) is 79.1 Å². The number of aromatic nitrogens is 4. The predicted octanol–water partition coefficient (Wildman–Crippen LogP) is 13.7. The molecule has 0 bridgehead atoms. The molecule has 13 aromatic rings. The lowest BCUT2D eigenvalue weighted by molar-refractivity contribution is 0.792. The number of pyridine rings is 4. The van der Waals surface area contributed by atoms with Crippen LogP contribution in [0.5, 0.6) is 0 Å². The first-order valence-electron chi connectivity index (χ1n) is 24.4. The summed E-state index contributed by atoms with van der Waals surface area (Å²) in [5.41, 5.74) is 7.43. The molecule has 0 spiro atoms. The first-order valence-corrected chi connectivity index (χ1v) is 24.4. The Hall–Kier alpha value is -8.10. The van der Waals surface area contributed by atoms with E-state index in [1.165, 1.54) is 9.13 Å². The molecular formula is C62H48N4O4. The van der Waals surface area contributed by atoms with Crippen molar-refractivity contribution in [3.8, 4) is 33.9 Å². The van der Waals surface area contributed by atoms with Crippen LogP contribution in [0.3, 0.4) is 0 Å². The summed E-state index contributed by atoms with van der Waals surface area (Å²) in [6.07, 6.45) is 0. The van der Waals surface area contributed by atoms with E-state index in [9.17, 15) is 0 Å². The summed E-state index contributed by atoms with van der Waals surface area (Å²) in [5, 5.41) is 8.91. The van der Waals surface area contributed by atoms with Crippen molar-refractivity contribution in [2.24, 2.45) is 0 Å². The van der Waals surface area contributed by atoms with Gasteiger partial charge in [-0.2, -0.15) is 0 Å². The molecule has 0 aliphatic heterocycles. The van der Waals surface area contributed by atoms with Crippen molar-refractivity contribution >= 4 is 86.4 Å². The summed E-state index contributed by atoms with van der Waals surface area (Å²) in [6.45, 7) is 16.7. The maximum absolute atomic E-state index is 15.8. The van der Waals surface area contributed by atoms with Crippen molar-refractivity contribution < 1.29 is 0 Å². The standard InChI is InChI=1S/C62H48N4O4/c1-29(2)35-21-15-22-36(30(3)4)57(35)65-59(67)41-25-39-49-51-45(63-55(39)33-17-11-9-12-18-33)27-43-48-44(62(70)66(61(43)69)58-37(31(5)6)23-16-24-38(58)32(7)8)28-46-52(54(48)51)50-40(26-42(60(65)68)47(41)53(49)50)56(64-46)34-19-13-10-14-20-34/h9-32H,1-8H3. The van der Waals surface area contributed by atoms with E-state index in [1.807, 2.05) is 121 Å². The van der Waals surface area contributed by atoms with Gasteiger partial charge in [0.1, 0.15) is 0 Å². The van der Waals surface area contributed by atoms with Crippen LogP contribution in [0.15, 0.2) is 141 Å². The van der Waals surface area contributed by atoms with Gasteiger partial charge in [0.25, 0.3) is 22.2 Å². The highest BCUT2D eigenvalue weighted by Gasteiger charge is 2.33. The Kier molecular flexibility index (Phi) is 8.83. The maximum Gasteiger partial charge on any atom is 0.266 e. The fourth-order valence-electron chi connectivity index (χ4n) is 12.1. The van der Waals surface area contributed by atoms with Crippen LogP contribution in [0.25, 0.3) is 120 Å². The van der Waals surface area contributed by atoms with Crippen LogP contribution < -0.4 is 22.2 Å². The van der Waals surface area contributed by atoms with Gasteiger partial charge in [-0.25, -0.2) is 19.1 Å². The largest absolute Gasteiger partial charge is 0.268 e. The average molecular weight is 913 g/mol. The molecule has 13 rings (SSSR count). The Labute approximate surface area is 401 Å². The summed E-state index contributed by atoms with van der Waals surface area (Å²) < 4.78 is 2.83. The van der Waals surface area contributed by atoms with Crippen molar-refractivity contribution in [2.75, 3.05) is 0 Å². The van der Waals surface area contributed by atoms with E-state index in [-0.39, 0.29) is 23.7 Å². The molecule has 0 saturated heterocycles. The van der Waals surface area contributed by atoms with Crippen molar-refractivity contribution in [1.29, 1.82) is 0 Å². The Morgan fingerprint density at radius 3 is 0.971 bits per heavy atom. The van der Waals surface area contributed by atoms with E-state index < -0.39 is 22.2 Å². The average Bonchev–Trinajstić information content (AvgIpc) is 3.36. The van der Waals surface area contributed by atoms with Gasteiger partial charge in [0.2, 0.25) is 0 Å². The summed E-state index contributed by atoms with van der Waals surface area (Å²) >= 11 is 0. The Balaban J connectivity index is 1.33. The van der Waals surface area contributed by atoms with Crippen LogP contribution in [0, 0.1) is 0 Å². The number of hydrogen-bond acceptors (Lipinski definition) is 6. The van der Waals surface area contributed by atoms with Crippen LogP contribution in [0.2, 0.25) is 0 Å². The van der Waals surface area contributed by atoms with Crippen molar-refractivity contribution in [3.63, 3.8) is 0 Å². The van der Waals surface area contributed by atoms with Crippen molar-refractivity contribution in [1.82, 2.24) is 19.1 Å². The molecule has 8 heteroatoms. The van der Waals surface area contributed by atoms with E-state index >= 15 is 19.2 Å². The van der Waals surface area contributed by atoms with Gasteiger partial charge in [-0.05, 0) is 70.2 Å². The Morgan fingerprint density at radius 1 is 0.329 bits per heavy atom. The highest BCUT2D eigenvalue weighted by Crippen LogP contribution is 2.53. The molecule has 0 aliphatic rings. The second-order valence-electron chi connectivity index (χ2n) is 20.6. The summed E-state index contributed by atoms with van der Waals surface area (Å²) in [6, 6.07) is 39.6. The second-order valence-corrected chi connectivity index (χ2v) is 20.6. The number of nitrogens with zero attached hydrogens (tertiary/aromatic N) is 4. The van der Waals surface area contributed by atoms with E-state index in [0.717, 1.165) is 76.5 Å². The zero-order chi connectivity index (χ0) is 48.3. The highest BCUT2D eigenvalue weighted by atomic mass is 16.2. The van der Waals surface area contributed by atoms with Crippen molar-refractivity contribution in [3.05, 3.63) is 185 Å². The molecule has 0 aliphatic carbocycles. The monoisotopic (exact) mass is 912 g/mol. The van der Waals surface area contributed by atoms with Gasteiger partial charge in [0, 0.05) is 75.8 Å². The molecule has 4 aromatic heterocycles. The molecule has 0 saturated carbocycles. The van der Waals surface area contributed by atoms with Crippen LogP contribution in [0.1, 0.15) is 101 Å². The Morgan fingerprint density at radius 2 is 0.643 bits per heavy atom. The number of para-hydroxylation sites is 2. The fraction of sp³-hybridized carbons (Fsp3) is 0.194. The minimum Gasteiger partial charge on any atom is -0.268 e. The zero-order valence-corrected chi connectivity index (χ0v) is 40.3. The summed E-state index contributed by atoms with van der Waals surface area (Å²) in [5.74, 6) is 0.0805. The first-order chi connectivity index (χ1) is 33.8. The smallest absolute Gasteiger partial charge is 0.266 e. The third-order valence-corrected chi connectivity index (χ3v) is 15.2. The molecule has 8 nitrogen and oxygen atoms in total. The summed E-state index contributed by atoms with van der Waals surface area (Å²) in [4.78, 5) is 73.8. The lowest BCUT2D eigenvalue weighted by Gasteiger charge is -2.26. The topological polar surface area (TPSA) is 104 Å². The Bertz CT molecular complexity index is 4280. The molecular weight excluding hydrogens is 865 g/mol. The minimum absolute atomic E-state index is 0.0190. The van der Waals surface area contributed by atoms with Gasteiger partial charge in [-0.3, -0.25) is 19.2 Å². The van der Waals surface area contributed by atoms with Gasteiger partial charge in [-0.15, -0.1) is 0 Å². The number of benzene rings is 9.